The van der Waals surface area contributed by atoms with Gasteiger partial charge in [-0.2, -0.15) is 20.1 Å². The van der Waals surface area contributed by atoms with E-state index in [1.54, 1.807) is 36.7 Å². The Balaban J connectivity index is 1.45. The molecule has 9 heteroatoms. The lowest BCUT2D eigenvalue weighted by atomic mass is 10.1. The van der Waals surface area contributed by atoms with Crippen molar-refractivity contribution in [3.63, 3.8) is 0 Å². The van der Waals surface area contributed by atoms with Gasteiger partial charge in [-0.25, -0.2) is 4.68 Å². The van der Waals surface area contributed by atoms with E-state index < -0.39 is 0 Å². The molecule has 0 aliphatic rings. The Hall–Kier alpha value is -4.27. The van der Waals surface area contributed by atoms with E-state index in [2.05, 4.69) is 20.6 Å². The molecule has 0 saturated heterocycles. The molecule has 1 amide bonds. The van der Waals surface area contributed by atoms with Crippen molar-refractivity contribution in [3.8, 4) is 11.4 Å². The third-order valence-corrected chi connectivity index (χ3v) is 5.40. The normalized spacial score (nSPS) is 10.8. The molecule has 0 aliphatic carbocycles. The van der Waals surface area contributed by atoms with E-state index in [0.717, 1.165) is 28.3 Å². The van der Waals surface area contributed by atoms with Crippen LogP contribution in [0.2, 0.25) is 0 Å². The summed E-state index contributed by atoms with van der Waals surface area (Å²) in [4.78, 5) is 25.7. The lowest BCUT2D eigenvalue weighted by Crippen LogP contribution is -2.12. The number of benzene rings is 2. The Labute approximate surface area is 191 Å². The fourth-order valence-corrected chi connectivity index (χ4v) is 3.60. The maximum atomic E-state index is 12.7. The number of nitrogens with zero attached hydrogens (tertiary/aromatic N) is 5. The minimum Gasteiger partial charge on any atom is -0.469 e. The summed E-state index contributed by atoms with van der Waals surface area (Å²) in [6, 6.07) is 14.5. The number of anilines is 1. The maximum absolute atomic E-state index is 12.7. The Bertz CT molecular complexity index is 1260. The zero-order valence-electron chi connectivity index (χ0n) is 18.6. The quantitative estimate of drug-likeness (QED) is 0.438. The Morgan fingerprint density at radius 2 is 1.58 bits per heavy atom. The van der Waals surface area contributed by atoms with Crippen LogP contribution in [-0.4, -0.2) is 43.8 Å². The van der Waals surface area contributed by atoms with Crippen molar-refractivity contribution < 1.29 is 14.3 Å². The first-order valence-electron chi connectivity index (χ1n) is 10.5. The number of hydrogen-bond acceptors (Lipinski definition) is 6. The second kappa shape index (κ2) is 9.47. The topological polar surface area (TPSA) is 104 Å². The maximum Gasteiger partial charge on any atom is 0.305 e. The van der Waals surface area contributed by atoms with Crippen molar-refractivity contribution in [2.24, 2.45) is 0 Å². The molecule has 0 radical (unpaired) electrons. The van der Waals surface area contributed by atoms with Gasteiger partial charge >= 0.3 is 5.97 Å². The van der Waals surface area contributed by atoms with Gasteiger partial charge in [-0.15, -0.1) is 0 Å². The molecule has 0 fully saturated rings. The van der Waals surface area contributed by atoms with Crippen LogP contribution in [0.4, 0.5) is 5.69 Å². The Morgan fingerprint density at radius 3 is 2.21 bits per heavy atom. The first kappa shape index (κ1) is 21.9. The number of nitrogens with one attached hydrogen (secondary N) is 1. The minimum atomic E-state index is -0.246. The number of esters is 1. The number of aryl methyl sites for hydroxylation is 1. The predicted octanol–water partition coefficient (Wildman–Crippen LogP) is 3.43. The fraction of sp³-hybridized carbons (Fsp3) is 0.208. The largest absolute Gasteiger partial charge is 0.469 e. The highest BCUT2D eigenvalue weighted by Gasteiger charge is 2.15. The van der Waals surface area contributed by atoms with Crippen molar-refractivity contribution in [1.82, 2.24) is 24.8 Å². The first-order valence-corrected chi connectivity index (χ1v) is 10.5. The predicted molar refractivity (Wildman–Crippen MR) is 123 cm³/mol. The number of amides is 1. The highest BCUT2D eigenvalue weighted by Crippen LogP contribution is 2.20. The van der Waals surface area contributed by atoms with Crippen LogP contribution in [0, 0.1) is 13.8 Å². The van der Waals surface area contributed by atoms with E-state index in [1.807, 2.05) is 42.8 Å². The summed E-state index contributed by atoms with van der Waals surface area (Å²) in [5, 5.41) is 15.7. The highest BCUT2D eigenvalue weighted by molar-refractivity contribution is 6.04. The van der Waals surface area contributed by atoms with E-state index in [1.165, 1.54) is 11.9 Å². The second-order valence-electron chi connectivity index (χ2n) is 7.50. The first-order chi connectivity index (χ1) is 16.0. The van der Waals surface area contributed by atoms with Crippen LogP contribution in [0.25, 0.3) is 11.4 Å². The minimum absolute atomic E-state index is 0.210. The van der Waals surface area contributed by atoms with Crippen LogP contribution in [0.5, 0.6) is 0 Å². The summed E-state index contributed by atoms with van der Waals surface area (Å²) in [7, 11) is 1.39. The van der Waals surface area contributed by atoms with Crippen molar-refractivity contribution in [2.75, 3.05) is 12.4 Å². The number of rotatable bonds is 7. The molecule has 0 spiro atoms. The third kappa shape index (κ3) is 4.82. The molecule has 168 valence electrons. The summed E-state index contributed by atoms with van der Waals surface area (Å²) in [6.45, 7) is 3.89. The van der Waals surface area contributed by atoms with E-state index in [4.69, 9.17) is 4.74 Å². The molecule has 9 nitrogen and oxygen atoms in total. The lowest BCUT2D eigenvalue weighted by Gasteiger charge is -2.09. The molecule has 2 aromatic carbocycles. The Morgan fingerprint density at radius 1 is 0.939 bits per heavy atom. The Kier molecular flexibility index (Phi) is 6.30. The van der Waals surface area contributed by atoms with Gasteiger partial charge < -0.3 is 10.1 Å². The van der Waals surface area contributed by atoms with Gasteiger partial charge in [0.05, 0.1) is 36.6 Å². The molecule has 2 heterocycles. The second-order valence-corrected chi connectivity index (χ2v) is 7.50. The lowest BCUT2D eigenvalue weighted by molar-refractivity contribution is -0.140. The average molecular weight is 444 g/mol. The zero-order chi connectivity index (χ0) is 23.4. The number of carbonyl (C=O) groups is 2. The van der Waals surface area contributed by atoms with Gasteiger partial charge in [0, 0.05) is 23.4 Å². The molecule has 33 heavy (non-hydrogen) atoms. The molecule has 1 N–H and O–H groups in total. The third-order valence-electron chi connectivity index (χ3n) is 5.40. The summed E-state index contributed by atoms with van der Waals surface area (Å²) >= 11 is 0. The number of carbonyl (C=O) groups excluding carboxylic acids is 2. The van der Waals surface area contributed by atoms with Gasteiger partial charge in [0.15, 0.2) is 0 Å². The van der Waals surface area contributed by atoms with Gasteiger partial charge in [0.1, 0.15) is 0 Å². The molecule has 0 unspecified atom stereocenters. The standard InChI is InChI=1S/C24H24N6O3/c1-16-22(12-13-23(31)33-3)17(2)29(28-16)20-8-4-18(5-9-20)24(32)27-19-6-10-21(11-7-19)30-25-14-15-26-30/h4-11,14-15H,12-13H2,1-3H3,(H,27,32). The molecule has 4 aromatic rings. The van der Waals surface area contributed by atoms with Crippen LogP contribution in [0.3, 0.4) is 0 Å². The molecular weight excluding hydrogens is 420 g/mol. The van der Waals surface area contributed by atoms with Gasteiger partial charge in [-0.1, -0.05) is 0 Å². The smallest absolute Gasteiger partial charge is 0.305 e. The van der Waals surface area contributed by atoms with Crippen LogP contribution >= 0.6 is 0 Å². The average Bonchev–Trinajstić information content (AvgIpc) is 3.46. The van der Waals surface area contributed by atoms with Crippen LogP contribution in [0.1, 0.15) is 33.7 Å². The summed E-state index contributed by atoms with van der Waals surface area (Å²) in [5.41, 5.74) is 5.70. The number of ether oxygens (including phenoxy) is 1. The van der Waals surface area contributed by atoms with E-state index in [9.17, 15) is 9.59 Å². The molecule has 0 saturated carbocycles. The monoisotopic (exact) mass is 444 g/mol. The molecular formula is C24H24N6O3. The van der Waals surface area contributed by atoms with E-state index in [-0.39, 0.29) is 11.9 Å². The molecule has 0 bridgehead atoms. The molecule has 0 atom stereocenters. The number of methoxy groups -OCH3 is 1. The van der Waals surface area contributed by atoms with Crippen LogP contribution in [0.15, 0.2) is 60.9 Å². The van der Waals surface area contributed by atoms with Crippen LogP contribution < -0.4 is 5.32 Å². The van der Waals surface area contributed by atoms with E-state index >= 15 is 0 Å². The van der Waals surface area contributed by atoms with Crippen LogP contribution in [-0.2, 0) is 16.0 Å². The van der Waals surface area contributed by atoms with Crippen molar-refractivity contribution >= 4 is 17.6 Å². The van der Waals surface area contributed by atoms with Gasteiger partial charge in [0.25, 0.3) is 5.91 Å². The summed E-state index contributed by atoms with van der Waals surface area (Å²) < 4.78 is 6.56. The van der Waals surface area contributed by atoms with Crippen molar-refractivity contribution in [1.29, 1.82) is 0 Å². The number of hydrogen-bond donors (Lipinski definition) is 1. The molecule has 4 rings (SSSR count). The van der Waals surface area contributed by atoms with Crippen molar-refractivity contribution in [2.45, 2.75) is 26.7 Å². The highest BCUT2D eigenvalue weighted by atomic mass is 16.5. The van der Waals surface area contributed by atoms with Gasteiger partial charge in [-0.3, -0.25) is 9.59 Å². The number of aromatic nitrogens is 5. The summed E-state index contributed by atoms with van der Waals surface area (Å²) in [6.07, 6.45) is 4.09. The SMILES string of the molecule is COC(=O)CCc1c(C)nn(-c2ccc(C(=O)Nc3ccc(-n4nccn4)cc3)cc2)c1C. The van der Waals surface area contributed by atoms with Crippen molar-refractivity contribution in [3.05, 3.63) is 83.4 Å². The van der Waals surface area contributed by atoms with Gasteiger partial charge in [0.2, 0.25) is 0 Å². The zero-order valence-corrected chi connectivity index (χ0v) is 18.6. The summed E-state index contributed by atoms with van der Waals surface area (Å²) in [5.74, 6) is -0.455. The molecule has 0 aliphatic heterocycles. The molecule has 2 aromatic heterocycles. The van der Waals surface area contributed by atoms with Gasteiger partial charge in [-0.05, 0) is 74.4 Å². The van der Waals surface area contributed by atoms with E-state index in [0.29, 0.717) is 24.1 Å². The fourth-order valence-electron chi connectivity index (χ4n) is 3.60.